The fourth-order valence-electron chi connectivity index (χ4n) is 5.42. The topological polar surface area (TPSA) is 75.5 Å². The monoisotopic (exact) mass is 423 g/mol. The van der Waals surface area contributed by atoms with Crippen LogP contribution in [-0.2, 0) is 16.1 Å². The number of hydrogen-bond donors (Lipinski definition) is 0. The SMILES string of the molecule is COC(=O)Cn1c(=NC#N)n(C2CCN(C3CCCCCCC3)CC2)c2ccccc21. The summed E-state index contributed by atoms with van der Waals surface area (Å²) in [6.45, 7) is 2.20. The molecule has 7 heteroatoms. The number of likely N-dealkylation sites (tertiary alicyclic amines) is 1. The maximum atomic E-state index is 12.1. The second kappa shape index (κ2) is 10.1. The minimum absolute atomic E-state index is 0.0471. The lowest BCUT2D eigenvalue weighted by Gasteiger charge is -2.39. The number of imidazole rings is 1. The third kappa shape index (κ3) is 4.69. The summed E-state index contributed by atoms with van der Waals surface area (Å²) in [6, 6.07) is 8.97. The standard InChI is InChI=1S/C24H33N5O2/c1-31-23(30)17-28-21-11-7-8-12-22(21)29(24(28)26-18-25)20-13-15-27(16-14-20)19-9-5-3-2-4-6-10-19/h7-8,11-12,19-20H,2-6,9-10,13-17H2,1H3. The number of carbonyl (C=O) groups is 1. The van der Waals surface area contributed by atoms with Crippen LogP contribution in [-0.4, -0.2) is 46.2 Å². The zero-order valence-electron chi connectivity index (χ0n) is 18.5. The van der Waals surface area contributed by atoms with E-state index in [4.69, 9.17) is 4.74 Å². The van der Waals surface area contributed by atoms with Crippen LogP contribution in [0, 0.1) is 11.5 Å². The number of esters is 1. The molecule has 2 fully saturated rings. The van der Waals surface area contributed by atoms with Gasteiger partial charge < -0.3 is 14.2 Å². The predicted molar refractivity (Wildman–Crippen MR) is 119 cm³/mol. The van der Waals surface area contributed by atoms with Crippen LogP contribution >= 0.6 is 0 Å². The van der Waals surface area contributed by atoms with E-state index in [1.54, 1.807) is 0 Å². The van der Waals surface area contributed by atoms with Gasteiger partial charge in [0.25, 0.3) is 0 Å². The van der Waals surface area contributed by atoms with Crippen molar-refractivity contribution in [3.8, 4) is 6.19 Å². The molecule has 0 N–H and O–H groups in total. The van der Waals surface area contributed by atoms with Gasteiger partial charge in [-0.15, -0.1) is 4.99 Å². The Labute approximate surface area is 183 Å². The molecule has 7 nitrogen and oxygen atoms in total. The summed E-state index contributed by atoms with van der Waals surface area (Å²) in [5.41, 5.74) is 2.47. The van der Waals surface area contributed by atoms with E-state index < -0.39 is 0 Å². The number of hydrogen-bond acceptors (Lipinski definition) is 5. The normalized spacial score (nSPS) is 20.3. The summed E-state index contributed by atoms with van der Waals surface area (Å²) in [7, 11) is 1.38. The first-order valence-corrected chi connectivity index (χ1v) is 11.7. The van der Waals surface area contributed by atoms with Gasteiger partial charge in [0.2, 0.25) is 11.8 Å². The zero-order chi connectivity index (χ0) is 21.6. The van der Waals surface area contributed by atoms with E-state index in [9.17, 15) is 10.1 Å². The van der Waals surface area contributed by atoms with Gasteiger partial charge in [-0.05, 0) is 37.8 Å². The first-order chi connectivity index (χ1) is 15.2. The molecule has 1 aromatic carbocycles. The molecule has 0 atom stereocenters. The average molecular weight is 424 g/mol. The molecule has 2 aliphatic rings. The van der Waals surface area contributed by atoms with Crippen LogP contribution < -0.4 is 5.62 Å². The highest BCUT2D eigenvalue weighted by molar-refractivity contribution is 5.78. The highest BCUT2D eigenvalue weighted by Gasteiger charge is 2.28. The number of rotatable bonds is 4. The van der Waals surface area contributed by atoms with Crippen molar-refractivity contribution in [3.63, 3.8) is 0 Å². The van der Waals surface area contributed by atoms with Crippen molar-refractivity contribution in [2.24, 2.45) is 4.99 Å². The molecular formula is C24H33N5O2. The van der Waals surface area contributed by atoms with Crippen LogP contribution in [0.4, 0.5) is 0 Å². The maximum Gasteiger partial charge on any atom is 0.325 e. The van der Waals surface area contributed by atoms with Gasteiger partial charge in [-0.25, -0.2) is 0 Å². The minimum atomic E-state index is -0.346. The Hall–Kier alpha value is -2.59. The molecule has 1 saturated carbocycles. The van der Waals surface area contributed by atoms with E-state index >= 15 is 0 Å². The quantitative estimate of drug-likeness (QED) is 0.554. The van der Waals surface area contributed by atoms with Crippen LogP contribution in [0.15, 0.2) is 29.3 Å². The van der Waals surface area contributed by atoms with Gasteiger partial charge in [-0.2, -0.15) is 5.26 Å². The van der Waals surface area contributed by atoms with Gasteiger partial charge in [0.05, 0.1) is 18.1 Å². The predicted octanol–water partition coefficient (Wildman–Crippen LogP) is 3.75. The first kappa shape index (κ1) is 21.6. The number of carbonyl (C=O) groups excluding carboxylic acids is 1. The molecule has 2 heterocycles. The second-order valence-electron chi connectivity index (χ2n) is 8.80. The second-order valence-corrected chi connectivity index (χ2v) is 8.80. The molecule has 166 valence electrons. The molecule has 1 saturated heterocycles. The Morgan fingerprint density at radius 3 is 2.32 bits per heavy atom. The van der Waals surface area contributed by atoms with Crippen molar-refractivity contribution in [1.82, 2.24) is 14.0 Å². The molecule has 0 bridgehead atoms. The third-order valence-electron chi connectivity index (χ3n) is 7.01. The Morgan fingerprint density at radius 2 is 1.68 bits per heavy atom. The van der Waals surface area contributed by atoms with Crippen molar-refractivity contribution in [3.05, 3.63) is 29.9 Å². The van der Waals surface area contributed by atoms with Gasteiger partial charge in [-0.1, -0.05) is 44.2 Å². The summed E-state index contributed by atoms with van der Waals surface area (Å²) < 4.78 is 8.88. The molecule has 31 heavy (non-hydrogen) atoms. The van der Waals surface area contributed by atoms with Gasteiger partial charge in [0.15, 0.2) is 0 Å². The number of para-hydroxylation sites is 2. The fraction of sp³-hybridized carbons (Fsp3) is 0.625. The largest absolute Gasteiger partial charge is 0.468 e. The molecule has 0 spiro atoms. The van der Waals surface area contributed by atoms with E-state index in [0.717, 1.165) is 43.0 Å². The molecule has 2 aromatic rings. The Bertz CT molecular complexity index is 999. The van der Waals surface area contributed by atoms with Crippen LogP contribution in [0.1, 0.15) is 63.8 Å². The average Bonchev–Trinajstić information content (AvgIpc) is 3.07. The number of aromatic nitrogens is 2. The first-order valence-electron chi connectivity index (χ1n) is 11.7. The highest BCUT2D eigenvalue weighted by Crippen LogP contribution is 2.30. The van der Waals surface area contributed by atoms with Crippen molar-refractivity contribution in [1.29, 1.82) is 5.26 Å². The van der Waals surface area contributed by atoms with E-state index in [1.165, 1.54) is 52.1 Å². The van der Waals surface area contributed by atoms with Crippen LogP contribution in [0.5, 0.6) is 0 Å². The Morgan fingerprint density at radius 1 is 1.03 bits per heavy atom. The lowest BCUT2D eigenvalue weighted by atomic mass is 9.93. The summed E-state index contributed by atoms with van der Waals surface area (Å²) in [5, 5.41) is 9.38. The number of nitrogens with zero attached hydrogens (tertiary/aromatic N) is 5. The van der Waals surface area contributed by atoms with E-state index in [-0.39, 0.29) is 18.6 Å². The van der Waals surface area contributed by atoms with Crippen LogP contribution in [0.25, 0.3) is 11.0 Å². The van der Waals surface area contributed by atoms with Gasteiger partial charge in [-0.3, -0.25) is 9.36 Å². The van der Waals surface area contributed by atoms with Crippen molar-refractivity contribution in [2.45, 2.75) is 76.4 Å². The van der Waals surface area contributed by atoms with Crippen molar-refractivity contribution < 1.29 is 9.53 Å². The number of methoxy groups -OCH3 is 1. The molecule has 4 rings (SSSR count). The highest BCUT2D eigenvalue weighted by atomic mass is 16.5. The van der Waals surface area contributed by atoms with Gasteiger partial charge in [0.1, 0.15) is 6.54 Å². The summed E-state index contributed by atoms with van der Waals surface area (Å²) in [6.07, 6.45) is 13.5. The number of nitriles is 1. The third-order valence-corrected chi connectivity index (χ3v) is 7.01. The fourth-order valence-corrected chi connectivity index (χ4v) is 5.42. The molecular weight excluding hydrogens is 390 g/mol. The zero-order valence-corrected chi connectivity index (χ0v) is 18.5. The molecule has 1 aromatic heterocycles. The lowest BCUT2D eigenvalue weighted by molar-refractivity contribution is -0.141. The Balaban J connectivity index is 1.61. The number of ether oxygens (including phenoxy) is 1. The molecule has 1 aliphatic carbocycles. The van der Waals surface area contributed by atoms with Crippen LogP contribution in [0.2, 0.25) is 0 Å². The van der Waals surface area contributed by atoms with Crippen molar-refractivity contribution in [2.75, 3.05) is 20.2 Å². The summed E-state index contributed by atoms with van der Waals surface area (Å²) in [5.74, 6) is -0.346. The summed E-state index contributed by atoms with van der Waals surface area (Å²) >= 11 is 0. The molecule has 0 amide bonds. The smallest absolute Gasteiger partial charge is 0.325 e. The summed E-state index contributed by atoms with van der Waals surface area (Å²) in [4.78, 5) is 18.9. The molecule has 0 unspecified atom stereocenters. The van der Waals surface area contributed by atoms with Crippen LogP contribution in [0.3, 0.4) is 0 Å². The molecule has 0 radical (unpaired) electrons. The number of benzene rings is 1. The van der Waals surface area contributed by atoms with Gasteiger partial charge >= 0.3 is 5.97 Å². The van der Waals surface area contributed by atoms with E-state index in [1.807, 2.05) is 29.0 Å². The van der Waals surface area contributed by atoms with Gasteiger partial charge in [0, 0.05) is 25.2 Å². The molecule has 1 aliphatic heterocycles. The minimum Gasteiger partial charge on any atom is -0.468 e. The van der Waals surface area contributed by atoms with E-state index in [0.29, 0.717) is 5.62 Å². The van der Waals surface area contributed by atoms with E-state index in [2.05, 4.69) is 20.5 Å². The Kier molecular flexibility index (Phi) is 7.08. The number of fused-ring (bicyclic) bond motifs is 1. The number of piperidine rings is 1. The lowest BCUT2D eigenvalue weighted by Crippen LogP contribution is -2.43. The maximum absolute atomic E-state index is 12.1. The van der Waals surface area contributed by atoms with Crippen molar-refractivity contribution >= 4 is 17.0 Å².